The van der Waals surface area contributed by atoms with Gasteiger partial charge in [-0.2, -0.15) is 5.10 Å². The van der Waals surface area contributed by atoms with Crippen molar-refractivity contribution in [1.29, 1.82) is 0 Å². The van der Waals surface area contributed by atoms with Gasteiger partial charge in [0.2, 0.25) is 5.72 Å². The zero-order chi connectivity index (χ0) is 19.5. The second-order valence-corrected chi connectivity index (χ2v) is 9.18. The number of rotatable bonds is 1. The van der Waals surface area contributed by atoms with E-state index in [0.717, 1.165) is 36.3 Å². The van der Waals surface area contributed by atoms with E-state index in [2.05, 4.69) is 37.1 Å². The summed E-state index contributed by atoms with van der Waals surface area (Å²) in [5.41, 5.74) is 2.42. The number of halogens is 2. The highest BCUT2D eigenvalue weighted by Gasteiger charge is 2.54. The molecular formula is C22H22Cl2N2O2. The van der Waals surface area contributed by atoms with Crippen molar-refractivity contribution in [2.75, 3.05) is 6.61 Å². The fraction of sp³-hybridized carbons (Fsp3) is 0.409. The molecule has 3 aliphatic heterocycles. The summed E-state index contributed by atoms with van der Waals surface area (Å²) in [4.78, 5) is 0. The van der Waals surface area contributed by atoms with Crippen LogP contribution in [0.2, 0.25) is 10.0 Å². The highest BCUT2D eigenvalue weighted by atomic mass is 35.5. The number of hydrazone groups is 1. The first-order valence-corrected chi connectivity index (χ1v) is 10.4. The molecule has 1 saturated heterocycles. The molecule has 0 amide bonds. The first kappa shape index (κ1) is 18.3. The highest BCUT2D eigenvalue weighted by Crippen LogP contribution is 2.51. The van der Waals surface area contributed by atoms with Gasteiger partial charge in [-0.1, -0.05) is 47.5 Å². The SMILES string of the molecule is CC1(C)C[C@]2(CCO1)Oc1ccccc1[C@H]1CC(c3ccc(Cl)c(Cl)c3)=NN12. The Kier molecular flexibility index (Phi) is 4.17. The maximum Gasteiger partial charge on any atom is 0.203 e. The second-order valence-electron chi connectivity index (χ2n) is 8.36. The minimum Gasteiger partial charge on any atom is -0.466 e. The number of para-hydroxylation sites is 1. The predicted octanol–water partition coefficient (Wildman–Crippen LogP) is 5.82. The molecule has 146 valence electrons. The van der Waals surface area contributed by atoms with Gasteiger partial charge in [-0.05, 0) is 37.6 Å². The third kappa shape index (κ3) is 2.90. The monoisotopic (exact) mass is 416 g/mol. The molecule has 5 rings (SSSR count). The van der Waals surface area contributed by atoms with Gasteiger partial charge >= 0.3 is 0 Å². The first-order valence-electron chi connectivity index (χ1n) is 9.61. The third-order valence-electron chi connectivity index (χ3n) is 5.85. The van der Waals surface area contributed by atoms with Gasteiger partial charge in [0, 0.05) is 24.8 Å². The molecular weight excluding hydrogens is 395 g/mol. The van der Waals surface area contributed by atoms with Crippen molar-refractivity contribution in [1.82, 2.24) is 5.01 Å². The Morgan fingerprint density at radius 1 is 1.11 bits per heavy atom. The summed E-state index contributed by atoms with van der Waals surface area (Å²) in [5, 5.41) is 8.34. The van der Waals surface area contributed by atoms with Crippen molar-refractivity contribution >= 4 is 28.9 Å². The number of nitrogens with zero attached hydrogens (tertiary/aromatic N) is 2. The molecule has 3 aliphatic rings. The Balaban J connectivity index is 1.61. The average Bonchev–Trinajstić information content (AvgIpc) is 3.10. The number of benzene rings is 2. The van der Waals surface area contributed by atoms with E-state index in [0.29, 0.717) is 16.7 Å². The van der Waals surface area contributed by atoms with Crippen LogP contribution < -0.4 is 4.74 Å². The lowest BCUT2D eigenvalue weighted by Crippen LogP contribution is -2.60. The lowest BCUT2D eigenvalue weighted by molar-refractivity contribution is -0.212. The van der Waals surface area contributed by atoms with Crippen LogP contribution in [-0.2, 0) is 4.74 Å². The van der Waals surface area contributed by atoms with Gasteiger partial charge < -0.3 is 9.47 Å². The zero-order valence-electron chi connectivity index (χ0n) is 15.9. The molecule has 1 spiro atoms. The number of hydrogen-bond donors (Lipinski definition) is 0. The topological polar surface area (TPSA) is 34.1 Å². The van der Waals surface area contributed by atoms with Crippen molar-refractivity contribution in [2.45, 2.75) is 50.5 Å². The lowest BCUT2D eigenvalue weighted by Gasteiger charge is -2.52. The Bertz CT molecular complexity index is 975. The lowest BCUT2D eigenvalue weighted by atomic mass is 9.86. The summed E-state index contributed by atoms with van der Waals surface area (Å²) in [6, 6.07) is 14.1. The Morgan fingerprint density at radius 2 is 1.93 bits per heavy atom. The van der Waals surface area contributed by atoms with Crippen LogP contribution in [0.4, 0.5) is 0 Å². The van der Waals surface area contributed by atoms with Crippen molar-refractivity contribution < 1.29 is 9.47 Å². The summed E-state index contributed by atoms with van der Waals surface area (Å²) in [6.45, 7) is 4.88. The minimum atomic E-state index is -0.501. The van der Waals surface area contributed by atoms with E-state index in [1.165, 1.54) is 5.56 Å². The molecule has 2 atom stereocenters. The standard InChI is InChI=1S/C22H22Cl2N2O2/c1-21(2)13-22(9-10-27-21)26-19(15-5-3-4-6-20(15)28-22)12-18(25-26)14-7-8-16(23)17(24)11-14/h3-8,11,19H,9-10,12-13H2,1-2H3/t19-,22+/m1/s1. The summed E-state index contributed by atoms with van der Waals surface area (Å²) in [6.07, 6.45) is 2.34. The molecule has 2 aromatic carbocycles. The van der Waals surface area contributed by atoms with Crippen molar-refractivity contribution in [3.8, 4) is 5.75 Å². The molecule has 4 nitrogen and oxygen atoms in total. The average molecular weight is 417 g/mol. The van der Waals surface area contributed by atoms with Gasteiger partial charge in [0.1, 0.15) is 5.75 Å². The summed E-state index contributed by atoms with van der Waals surface area (Å²) < 4.78 is 12.6. The van der Waals surface area contributed by atoms with E-state index in [-0.39, 0.29) is 11.6 Å². The molecule has 0 unspecified atom stereocenters. The van der Waals surface area contributed by atoms with Crippen molar-refractivity contribution in [2.24, 2.45) is 5.10 Å². The van der Waals surface area contributed by atoms with Gasteiger partial charge in [-0.15, -0.1) is 0 Å². The van der Waals surface area contributed by atoms with Crippen LogP contribution in [0, 0.1) is 0 Å². The molecule has 28 heavy (non-hydrogen) atoms. The maximum absolute atomic E-state index is 6.63. The molecule has 0 aliphatic carbocycles. The minimum absolute atomic E-state index is 0.142. The largest absolute Gasteiger partial charge is 0.466 e. The summed E-state index contributed by atoms with van der Waals surface area (Å²) in [5.74, 6) is 0.951. The van der Waals surface area contributed by atoms with E-state index in [1.54, 1.807) is 0 Å². The smallest absolute Gasteiger partial charge is 0.203 e. The number of hydrogen-bond acceptors (Lipinski definition) is 4. The van der Waals surface area contributed by atoms with Crippen LogP contribution in [0.25, 0.3) is 0 Å². The predicted molar refractivity (Wildman–Crippen MR) is 111 cm³/mol. The van der Waals surface area contributed by atoms with Crippen LogP contribution in [0.1, 0.15) is 50.3 Å². The molecule has 1 fully saturated rings. The van der Waals surface area contributed by atoms with Crippen molar-refractivity contribution in [3.63, 3.8) is 0 Å². The normalized spacial score (nSPS) is 27.8. The quantitative estimate of drug-likeness (QED) is 0.586. The third-order valence-corrected chi connectivity index (χ3v) is 6.59. The maximum atomic E-state index is 6.63. The fourth-order valence-electron chi connectivity index (χ4n) is 4.65. The molecule has 3 heterocycles. The van der Waals surface area contributed by atoms with E-state index in [4.69, 9.17) is 37.8 Å². The van der Waals surface area contributed by atoms with E-state index >= 15 is 0 Å². The van der Waals surface area contributed by atoms with Crippen LogP contribution in [-0.4, -0.2) is 28.7 Å². The van der Waals surface area contributed by atoms with E-state index in [1.807, 2.05) is 24.3 Å². The summed E-state index contributed by atoms with van der Waals surface area (Å²) in [7, 11) is 0. The molecule has 0 saturated carbocycles. The molecule has 0 N–H and O–H groups in total. The number of fused-ring (bicyclic) bond motifs is 4. The molecule has 2 aromatic rings. The van der Waals surface area contributed by atoms with Gasteiger partial charge in [-0.25, -0.2) is 5.01 Å². The van der Waals surface area contributed by atoms with E-state index in [9.17, 15) is 0 Å². The van der Waals surface area contributed by atoms with Gasteiger partial charge in [0.25, 0.3) is 0 Å². The second kappa shape index (κ2) is 6.38. The number of ether oxygens (including phenoxy) is 2. The summed E-state index contributed by atoms with van der Waals surface area (Å²) >= 11 is 12.4. The molecule has 0 aromatic heterocycles. The Labute approximate surface area is 175 Å². The van der Waals surface area contributed by atoms with Crippen molar-refractivity contribution in [3.05, 3.63) is 63.6 Å². The Morgan fingerprint density at radius 3 is 2.71 bits per heavy atom. The highest BCUT2D eigenvalue weighted by molar-refractivity contribution is 6.42. The van der Waals surface area contributed by atoms with Crippen LogP contribution in [0.5, 0.6) is 5.75 Å². The van der Waals surface area contributed by atoms with Crippen LogP contribution in [0.3, 0.4) is 0 Å². The molecule has 0 radical (unpaired) electrons. The zero-order valence-corrected chi connectivity index (χ0v) is 17.4. The first-order chi connectivity index (χ1) is 13.4. The molecule has 0 bridgehead atoms. The van der Waals surface area contributed by atoms with Gasteiger partial charge in [0.05, 0.1) is 34.0 Å². The van der Waals surface area contributed by atoms with Gasteiger partial charge in [-0.3, -0.25) is 0 Å². The van der Waals surface area contributed by atoms with Crippen LogP contribution >= 0.6 is 23.2 Å². The van der Waals surface area contributed by atoms with E-state index < -0.39 is 5.72 Å². The van der Waals surface area contributed by atoms with Gasteiger partial charge in [0.15, 0.2) is 0 Å². The van der Waals surface area contributed by atoms with Crippen LogP contribution in [0.15, 0.2) is 47.6 Å². The Hall–Kier alpha value is -1.75. The molecule has 6 heteroatoms. The fourth-order valence-corrected chi connectivity index (χ4v) is 4.95.